The summed E-state index contributed by atoms with van der Waals surface area (Å²) in [4.78, 5) is 7.77. The van der Waals surface area contributed by atoms with Gasteiger partial charge in [0.2, 0.25) is 0 Å². The second-order valence-corrected chi connectivity index (χ2v) is 6.01. The highest BCUT2D eigenvalue weighted by atomic mass is 35.7. The summed E-state index contributed by atoms with van der Waals surface area (Å²) in [6, 6.07) is 0. The average molecular weight is 275 g/mol. The van der Waals surface area contributed by atoms with Crippen molar-refractivity contribution in [1.82, 2.24) is 19.1 Å². The van der Waals surface area contributed by atoms with E-state index in [-0.39, 0.29) is 5.03 Å². The lowest BCUT2D eigenvalue weighted by atomic mass is 10.4. The maximum atomic E-state index is 11.0. The zero-order valence-corrected chi connectivity index (χ0v) is 10.7. The summed E-state index contributed by atoms with van der Waals surface area (Å²) < 4.78 is 25.7. The Bertz CT molecular complexity index is 616. The molecule has 8 heteroatoms. The van der Waals surface area contributed by atoms with Gasteiger partial charge in [0.15, 0.2) is 5.03 Å². The van der Waals surface area contributed by atoms with Gasteiger partial charge in [0, 0.05) is 29.6 Å². The highest BCUT2D eigenvalue weighted by molar-refractivity contribution is 8.13. The molecule has 17 heavy (non-hydrogen) atoms. The van der Waals surface area contributed by atoms with Crippen molar-refractivity contribution in [3.63, 3.8) is 0 Å². The minimum Gasteiger partial charge on any atom is -0.333 e. The summed E-state index contributed by atoms with van der Waals surface area (Å²) >= 11 is 0. The molecule has 0 aliphatic heterocycles. The zero-order valence-electron chi connectivity index (χ0n) is 9.12. The van der Waals surface area contributed by atoms with E-state index in [4.69, 9.17) is 10.7 Å². The zero-order chi connectivity index (χ0) is 12.5. The molecule has 0 spiro atoms. The van der Waals surface area contributed by atoms with Gasteiger partial charge in [-0.05, 0) is 6.92 Å². The molecule has 0 bridgehead atoms. The summed E-state index contributed by atoms with van der Waals surface area (Å²) in [5, 5.41) is -0.137. The molecule has 6 nitrogen and oxygen atoms in total. The minimum atomic E-state index is -3.76. The first-order chi connectivity index (χ1) is 8.00. The Morgan fingerprint density at radius 1 is 1.41 bits per heavy atom. The molecule has 0 N–H and O–H groups in total. The quantitative estimate of drug-likeness (QED) is 0.782. The molecule has 92 valence electrons. The average Bonchev–Trinajstić information content (AvgIpc) is 2.86. The van der Waals surface area contributed by atoms with Gasteiger partial charge in [-0.1, -0.05) is 0 Å². The maximum Gasteiger partial charge on any atom is 0.280 e. The van der Waals surface area contributed by atoms with Crippen LogP contribution in [0.3, 0.4) is 0 Å². The Hall–Kier alpha value is -1.34. The minimum absolute atomic E-state index is 0.137. The Balaban J connectivity index is 2.23. The Kier molecular flexibility index (Phi) is 3.21. The summed E-state index contributed by atoms with van der Waals surface area (Å²) in [7, 11) is 1.43. The van der Waals surface area contributed by atoms with Gasteiger partial charge in [-0.15, -0.1) is 0 Å². The second kappa shape index (κ2) is 4.50. The number of rotatable bonds is 4. The van der Waals surface area contributed by atoms with E-state index in [1.807, 2.05) is 11.5 Å². The molecule has 0 saturated heterocycles. The van der Waals surface area contributed by atoms with Crippen molar-refractivity contribution in [2.75, 3.05) is 0 Å². The van der Waals surface area contributed by atoms with Crippen LogP contribution < -0.4 is 0 Å². The number of imidazole rings is 2. The van der Waals surface area contributed by atoms with Gasteiger partial charge in [0.1, 0.15) is 0 Å². The molecular weight excluding hydrogens is 264 g/mol. The molecule has 0 saturated carbocycles. The van der Waals surface area contributed by atoms with E-state index in [0.717, 1.165) is 12.2 Å². The summed E-state index contributed by atoms with van der Waals surface area (Å²) in [5.74, 6) is 0. The molecule has 2 rings (SSSR count). The first kappa shape index (κ1) is 12.1. The molecule has 2 aromatic heterocycles. The smallest absolute Gasteiger partial charge is 0.280 e. The fraction of sp³-hybridized carbons (Fsp3) is 0.333. The molecule has 0 unspecified atom stereocenters. The van der Waals surface area contributed by atoms with Crippen molar-refractivity contribution in [2.45, 2.75) is 25.0 Å². The van der Waals surface area contributed by atoms with Crippen molar-refractivity contribution in [3.8, 4) is 0 Å². The van der Waals surface area contributed by atoms with E-state index in [9.17, 15) is 8.42 Å². The van der Waals surface area contributed by atoms with Gasteiger partial charge >= 0.3 is 0 Å². The normalized spacial score (nSPS) is 11.9. The molecule has 2 heterocycles. The number of nitrogens with zero attached hydrogens (tertiary/aromatic N) is 4. The van der Waals surface area contributed by atoms with E-state index < -0.39 is 9.05 Å². The van der Waals surface area contributed by atoms with Crippen molar-refractivity contribution in [3.05, 3.63) is 30.7 Å². The van der Waals surface area contributed by atoms with Crippen molar-refractivity contribution < 1.29 is 8.42 Å². The second-order valence-electron chi connectivity index (χ2n) is 3.49. The van der Waals surface area contributed by atoms with Crippen LogP contribution in [0.25, 0.3) is 0 Å². The third-order valence-corrected chi connectivity index (χ3v) is 3.53. The van der Waals surface area contributed by atoms with E-state index in [0.29, 0.717) is 6.54 Å². The lowest BCUT2D eigenvalue weighted by molar-refractivity contribution is 0.606. The number of hydrogen-bond acceptors (Lipinski definition) is 4. The molecule has 0 aliphatic rings. The third kappa shape index (κ3) is 2.67. The van der Waals surface area contributed by atoms with Crippen molar-refractivity contribution in [2.24, 2.45) is 0 Å². The summed E-state index contributed by atoms with van der Waals surface area (Å²) in [5.41, 5.74) is 0.975. The van der Waals surface area contributed by atoms with Crippen LogP contribution in [0.2, 0.25) is 0 Å². The molecule has 0 atom stereocenters. The number of halogens is 1. The predicted octanol–water partition coefficient (Wildman–Crippen LogP) is 1.08. The Morgan fingerprint density at radius 3 is 2.76 bits per heavy atom. The van der Waals surface area contributed by atoms with Crippen molar-refractivity contribution in [1.29, 1.82) is 0 Å². The number of aromatic nitrogens is 4. The van der Waals surface area contributed by atoms with Gasteiger partial charge in [-0.3, -0.25) is 0 Å². The topological polar surface area (TPSA) is 69.8 Å². The largest absolute Gasteiger partial charge is 0.333 e. The molecule has 2 aromatic rings. The van der Waals surface area contributed by atoms with Gasteiger partial charge in [-0.2, -0.15) is 0 Å². The lowest BCUT2D eigenvalue weighted by Gasteiger charge is -2.04. The fourth-order valence-electron chi connectivity index (χ4n) is 1.50. The molecule has 0 fully saturated rings. The lowest BCUT2D eigenvalue weighted by Crippen LogP contribution is -2.04. The molecule has 0 aromatic carbocycles. The van der Waals surface area contributed by atoms with Crippen molar-refractivity contribution >= 4 is 19.7 Å². The van der Waals surface area contributed by atoms with Crippen LogP contribution in [0.1, 0.15) is 12.6 Å². The summed E-state index contributed by atoms with van der Waals surface area (Å²) in [6.45, 7) is 3.33. The highest BCUT2D eigenvalue weighted by Gasteiger charge is 2.13. The van der Waals surface area contributed by atoms with E-state index >= 15 is 0 Å². The molecular formula is C9H11ClN4O2S. The monoisotopic (exact) mass is 274 g/mol. The Labute approximate surface area is 103 Å². The van der Waals surface area contributed by atoms with Crippen LogP contribution in [0.5, 0.6) is 0 Å². The standard InChI is InChI=1S/C9H11ClN4O2S/c1-2-14-6-11-3-8(14)4-13-5-9(12-7-13)17(10,15)16/h3,5-7H,2,4H2,1H3. The first-order valence-electron chi connectivity index (χ1n) is 4.96. The van der Waals surface area contributed by atoms with Gasteiger partial charge in [0.05, 0.1) is 24.9 Å². The number of aryl methyl sites for hydroxylation is 1. The van der Waals surface area contributed by atoms with Crippen LogP contribution in [0, 0.1) is 0 Å². The molecule has 0 radical (unpaired) electrons. The van der Waals surface area contributed by atoms with E-state index in [1.54, 1.807) is 17.1 Å². The SMILES string of the molecule is CCn1cncc1Cn1cnc(S(=O)(=O)Cl)c1. The first-order valence-corrected chi connectivity index (χ1v) is 7.27. The summed E-state index contributed by atoms with van der Waals surface area (Å²) in [6.07, 6.45) is 6.29. The number of hydrogen-bond donors (Lipinski definition) is 0. The van der Waals surface area contributed by atoms with Gasteiger partial charge < -0.3 is 9.13 Å². The van der Waals surface area contributed by atoms with Crippen LogP contribution in [0.4, 0.5) is 0 Å². The maximum absolute atomic E-state index is 11.0. The molecule has 0 amide bonds. The van der Waals surface area contributed by atoms with E-state index in [2.05, 4.69) is 9.97 Å². The van der Waals surface area contributed by atoms with Crippen LogP contribution >= 0.6 is 10.7 Å². The Morgan fingerprint density at radius 2 is 2.18 bits per heavy atom. The van der Waals surface area contributed by atoms with Crippen LogP contribution in [0.15, 0.2) is 30.1 Å². The van der Waals surface area contributed by atoms with E-state index in [1.165, 1.54) is 12.5 Å². The predicted molar refractivity (Wildman–Crippen MR) is 62.3 cm³/mol. The van der Waals surface area contributed by atoms with Crippen LogP contribution in [-0.4, -0.2) is 27.5 Å². The molecule has 0 aliphatic carbocycles. The van der Waals surface area contributed by atoms with Gasteiger partial charge in [0.25, 0.3) is 9.05 Å². The van der Waals surface area contributed by atoms with Crippen LogP contribution in [-0.2, 0) is 22.1 Å². The van der Waals surface area contributed by atoms with Gasteiger partial charge in [-0.25, -0.2) is 18.4 Å². The highest BCUT2D eigenvalue weighted by Crippen LogP contribution is 2.12. The third-order valence-electron chi connectivity index (χ3n) is 2.34. The fourth-order valence-corrected chi connectivity index (χ4v) is 2.18.